The van der Waals surface area contributed by atoms with Crippen molar-refractivity contribution < 1.29 is 19.8 Å². The smallest absolute Gasteiger partial charge is 0.323 e. The highest BCUT2D eigenvalue weighted by atomic mass is 35.5. The van der Waals surface area contributed by atoms with Gasteiger partial charge in [-0.05, 0) is 5.92 Å². The molecule has 24 heavy (non-hydrogen) atoms. The third kappa shape index (κ3) is 4.66. The monoisotopic (exact) mass is 364 g/mol. The van der Waals surface area contributed by atoms with Crippen LogP contribution in [0.4, 0.5) is 5.95 Å². The van der Waals surface area contributed by atoms with E-state index in [0.717, 1.165) is 10.9 Å². The summed E-state index contributed by atoms with van der Waals surface area (Å²) >= 11 is 0. The van der Waals surface area contributed by atoms with E-state index in [-0.39, 0.29) is 35.4 Å². The zero-order valence-electron chi connectivity index (χ0n) is 17.0. The number of H-pyrrole nitrogens is 1. The maximum absolute atomic E-state index is 11.8. The number of carbonyl (C=O) groups excluding carboxylic acids is 1. The fourth-order valence-electron chi connectivity index (χ4n) is 1.61. The number of esters is 1. The normalized spacial score (nSPS) is 15.8. The van der Waals surface area contributed by atoms with Crippen LogP contribution in [0.1, 0.15) is 19.3 Å². The lowest BCUT2D eigenvalue weighted by Crippen LogP contribution is -2.37. The first-order chi connectivity index (χ1) is 12.4. The second kappa shape index (κ2) is 8.62. The first-order valence-corrected chi connectivity index (χ1v) is 6.69. The standard InChI is InChI=1S/C13H20N6O4.ClH/c1-7(2)8(14)12(21)23-4-3-22-6-19-5-16-9-10(19)17-13(15)18-11(9)20;/h5,7-8H,3-4,6,14H2,1-2H3,(H3,15,17,18,20);1H/t8-;/m0./s1/i3D2,4D2;. The van der Waals surface area contributed by atoms with E-state index in [1.807, 2.05) is 0 Å². The maximum atomic E-state index is 11.8. The topological polar surface area (TPSA) is 151 Å². The van der Waals surface area contributed by atoms with Crippen LogP contribution in [-0.2, 0) is 21.0 Å². The number of imidazole rings is 1. The highest BCUT2D eigenvalue weighted by Gasteiger charge is 2.18. The summed E-state index contributed by atoms with van der Waals surface area (Å²) < 4.78 is 41.6. The number of halogens is 1. The van der Waals surface area contributed by atoms with Gasteiger partial charge in [-0.25, -0.2) is 4.98 Å². The van der Waals surface area contributed by atoms with Crippen LogP contribution in [0.5, 0.6) is 0 Å². The molecular formula is C13H21ClN6O4. The molecule has 2 aromatic heterocycles. The van der Waals surface area contributed by atoms with E-state index in [9.17, 15) is 9.59 Å². The van der Waals surface area contributed by atoms with E-state index in [1.165, 1.54) is 0 Å². The zero-order valence-corrected chi connectivity index (χ0v) is 13.8. The Labute approximate surface area is 149 Å². The molecule has 0 saturated carbocycles. The van der Waals surface area contributed by atoms with Gasteiger partial charge in [-0.1, -0.05) is 13.8 Å². The summed E-state index contributed by atoms with van der Waals surface area (Å²) in [6, 6.07) is -1.12. The second-order valence-corrected chi connectivity index (χ2v) is 5.01. The van der Waals surface area contributed by atoms with Crippen molar-refractivity contribution in [2.45, 2.75) is 26.6 Å². The number of aromatic amines is 1. The van der Waals surface area contributed by atoms with Gasteiger partial charge in [0.15, 0.2) is 11.2 Å². The molecule has 0 aromatic carbocycles. The molecule has 1 atom stereocenters. The minimum Gasteiger partial charge on any atom is -0.462 e. The number of ether oxygens (including phenoxy) is 2. The van der Waals surface area contributed by atoms with Crippen LogP contribution in [0.2, 0.25) is 0 Å². The Kier molecular flexibility index (Phi) is 5.10. The molecular weight excluding hydrogens is 340 g/mol. The molecule has 0 aliphatic rings. The van der Waals surface area contributed by atoms with Crippen LogP contribution in [0, 0.1) is 5.92 Å². The van der Waals surface area contributed by atoms with E-state index in [1.54, 1.807) is 13.8 Å². The average molecular weight is 365 g/mol. The molecule has 0 unspecified atom stereocenters. The Bertz CT molecular complexity index is 903. The van der Waals surface area contributed by atoms with Crippen molar-refractivity contribution in [3.05, 3.63) is 16.7 Å². The van der Waals surface area contributed by atoms with Crippen LogP contribution in [0.3, 0.4) is 0 Å². The number of aromatic nitrogens is 4. The van der Waals surface area contributed by atoms with Crippen molar-refractivity contribution in [2.75, 3.05) is 18.9 Å². The molecule has 5 N–H and O–H groups in total. The summed E-state index contributed by atoms with van der Waals surface area (Å²) in [4.78, 5) is 33.5. The third-order valence-electron chi connectivity index (χ3n) is 2.95. The fourth-order valence-corrected chi connectivity index (χ4v) is 1.61. The van der Waals surface area contributed by atoms with Gasteiger partial charge in [-0.3, -0.25) is 19.1 Å². The summed E-state index contributed by atoms with van der Waals surface area (Å²) in [5.74, 6) is -1.60. The molecule has 0 aliphatic heterocycles. The van der Waals surface area contributed by atoms with Gasteiger partial charge >= 0.3 is 5.97 Å². The van der Waals surface area contributed by atoms with Crippen molar-refractivity contribution in [1.29, 1.82) is 0 Å². The number of nitrogens with zero attached hydrogens (tertiary/aromatic N) is 3. The lowest BCUT2D eigenvalue weighted by molar-refractivity contribution is -0.148. The molecule has 0 amide bonds. The average Bonchev–Trinajstić information content (AvgIpc) is 2.94. The molecule has 2 heterocycles. The second-order valence-electron chi connectivity index (χ2n) is 5.01. The number of nitrogen functional groups attached to an aromatic ring is 1. The van der Waals surface area contributed by atoms with Crippen molar-refractivity contribution >= 4 is 35.5 Å². The predicted octanol–water partition coefficient (Wildman–Crippen LogP) is -0.376. The van der Waals surface area contributed by atoms with E-state index >= 15 is 0 Å². The minimum atomic E-state index is -3.13. The molecule has 134 valence electrons. The lowest BCUT2D eigenvalue weighted by atomic mass is 10.1. The molecule has 0 radical (unpaired) electrons. The largest absolute Gasteiger partial charge is 0.462 e. The summed E-state index contributed by atoms with van der Waals surface area (Å²) in [5.41, 5.74) is 10.4. The van der Waals surface area contributed by atoms with Gasteiger partial charge in [-0.2, -0.15) is 4.98 Å². The summed E-state index contributed by atoms with van der Waals surface area (Å²) in [6.07, 6.45) is 1.15. The van der Waals surface area contributed by atoms with E-state index < -0.39 is 37.4 Å². The molecule has 0 spiro atoms. The first kappa shape index (κ1) is 14.2. The van der Waals surface area contributed by atoms with E-state index in [2.05, 4.69) is 19.7 Å². The highest BCUT2D eigenvalue weighted by Crippen LogP contribution is 2.06. The van der Waals surface area contributed by atoms with Crippen molar-refractivity contribution in [2.24, 2.45) is 11.7 Å². The molecule has 0 saturated heterocycles. The summed E-state index contributed by atoms with van der Waals surface area (Å²) in [7, 11) is 0. The Morgan fingerprint density at radius 2 is 2.21 bits per heavy atom. The van der Waals surface area contributed by atoms with Gasteiger partial charge in [-0.15, -0.1) is 12.4 Å². The number of nitrogens with two attached hydrogens (primary N) is 2. The lowest BCUT2D eigenvalue weighted by Gasteiger charge is -2.14. The third-order valence-corrected chi connectivity index (χ3v) is 2.95. The molecule has 10 nitrogen and oxygen atoms in total. The van der Waals surface area contributed by atoms with Gasteiger partial charge in [0.25, 0.3) is 5.56 Å². The van der Waals surface area contributed by atoms with Crippen molar-refractivity contribution in [1.82, 2.24) is 19.5 Å². The molecule has 2 aromatic rings. The quantitative estimate of drug-likeness (QED) is 0.562. The number of fused-ring (bicyclic) bond motifs is 1. The number of hydrogen-bond donors (Lipinski definition) is 3. The Morgan fingerprint density at radius 1 is 1.50 bits per heavy atom. The minimum absolute atomic E-state index is 0. The fraction of sp³-hybridized carbons (Fsp3) is 0.538. The molecule has 0 aliphatic carbocycles. The van der Waals surface area contributed by atoms with Gasteiger partial charge in [0.05, 0.1) is 18.4 Å². The Hall–Kier alpha value is -2.17. The van der Waals surface area contributed by atoms with Crippen molar-refractivity contribution in [3.63, 3.8) is 0 Å². The van der Waals surface area contributed by atoms with Crippen LogP contribution in [0.25, 0.3) is 11.2 Å². The maximum Gasteiger partial charge on any atom is 0.323 e. The van der Waals surface area contributed by atoms with Crippen LogP contribution in [-0.4, -0.2) is 44.6 Å². The molecule has 0 bridgehead atoms. The predicted molar refractivity (Wildman–Crippen MR) is 89.5 cm³/mol. The van der Waals surface area contributed by atoms with Gasteiger partial charge < -0.3 is 20.9 Å². The van der Waals surface area contributed by atoms with Gasteiger partial charge in [0.1, 0.15) is 19.3 Å². The summed E-state index contributed by atoms with van der Waals surface area (Å²) in [6.45, 7) is -3.47. The zero-order chi connectivity index (χ0) is 20.6. The van der Waals surface area contributed by atoms with Crippen LogP contribution in [0.15, 0.2) is 11.1 Å². The number of nitrogens with one attached hydrogen (secondary N) is 1. The number of carbonyl (C=O) groups is 1. The highest BCUT2D eigenvalue weighted by molar-refractivity contribution is 5.85. The van der Waals surface area contributed by atoms with Crippen LogP contribution >= 0.6 is 12.4 Å². The molecule has 11 heteroatoms. The van der Waals surface area contributed by atoms with Gasteiger partial charge in [0, 0.05) is 0 Å². The molecule has 2 rings (SSSR count). The number of hydrogen-bond acceptors (Lipinski definition) is 8. The molecule has 0 fully saturated rings. The number of anilines is 1. The Morgan fingerprint density at radius 3 is 2.88 bits per heavy atom. The summed E-state index contributed by atoms with van der Waals surface area (Å²) in [5, 5.41) is 0. The van der Waals surface area contributed by atoms with Crippen LogP contribution < -0.4 is 17.0 Å². The first-order valence-electron chi connectivity index (χ1n) is 8.69. The van der Waals surface area contributed by atoms with Crippen molar-refractivity contribution in [3.8, 4) is 0 Å². The number of rotatable bonds is 7. The van der Waals surface area contributed by atoms with Gasteiger partial charge in [0.2, 0.25) is 5.95 Å². The van der Waals surface area contributed by atoms with E-state index in [4.69, 9.17) is 21.7 Å². The van der Waals surface area contributed by atoms with E-state index in [0.29, 0.717) is 0 Å². The SMILES string of the molecule is Cl.[2H]C([2H])(OCn1cnc2c(=O)[nH]c(N)nc21)C([2H])([2H])OC(=O)[C@@H](N)C(C)C. The Balaban J connectivity index is 0.00000392.